The van der Waals surface area contributed by atoms with Crippen LogP contribution in [0.2, 0.25) is 0 Å². The fourth-order valence-electron chi connectivity index (χ4n) is 0.806. The van der Waals surface area contributed by atoms with Crippen LogP contribution in [0.4, 0.5) is 0 Å². The summed E-state index contributed by atoms with van der Waals surface area (Å²) >= 11 is 0. The van der Waals surface area contributed by atoms with Gasteiger partial charge in [0.25, 0.3) is 0 Å². The molecule has 0 saturated carbocycles. The van der Waals surface area contributed by atoms with Crippen molar-refractivity contribution < 1.29 is 0 Å². The quantitative estimate of drug-likeness (QED) is 0.453. The molecule has 0 aromatic carbocycles. The molecule has 1 rings (SSSR count). The van der Waals surface area contributed by atoms with Crippen LogP contribution in [0.15, 0.2) is 24.0 Å². The molecule has 0 aromatic rings. The Morgan fingerprint density at radius 1 is 1.40 bits per heavy atom. The second kappa shape index (κ2) is 2.41. The van der Waals surface area contributed by atoms with Crippen molar-refractivity contribution in [2.45, 2.75) is 20.8 Å². The molecule has 1 heteroatoms. The maximum absolute atomic E-state index is 4.05. The Bertz CT molecular complexity index is 170. The van der Waals surface area contributed by atoms with Crippen LogP contribution in [0, 0.1) is 11.8 Å². The van der Waals surface area contributed by atoms with Crippen LogP contribution in [-0.2, 0) is 0 Å². The third kappa shape index (κ3) is 1.56. The van der Waals surface area contributed by atoms with Crippen LogP contribution < -0.4 is 0 Å². The lowest BCUT2D eigenvalue weighted by Crippen LogP contribution is -2.09. The highest BCUT2D eigenvalue weighted by molar-refractivity contribution is 5.37. The normalized spacial score (nSPS) is 17.3. The standard InChI is InChI=1S/C9H13N/c1-9(2,3)8-5-4-6-10-7-8/h4-7H,1-3H3/q-2. The summed E-state index contributed by atoms with van der Waals surface area (Å²) in [4.78, 5) is 0. The van der Waals surface area contributed by atoms with Crippen LogP contribution in [-0.4, -0.2) is 0 Å². The fourth-order valence-corrected chi connectivity index (χ4v) is 0.806. The van der Waals surface area contributed by atoms with Gasteiger partial charge in [-0.15, -0.1) is 0 Å². The average Bonchev–Trinajstić information content (AvgIpc) is 1.88. The summed E-state index contributed by atoms with van der Waals surface area (Å²) in [6.45, 7) is 6.55. The maximum Gasteiger partial charge on any atom is -0.0373 e. The predicted octanol–water partition coefficient (Wildman–Crippen LogP) is 3.02. The maximum atomic E-state index is 4.05. The van der Waals surface area contributed by atoms with Crippen LogP contribution >= 0.6 is 0 Å². The molecule has 0 unspecified atom stereocenters. The summed E-state index contributed by atoms with van der Waals surface area (Å²) in [5.74, 6) is 0. The summed E-state index contributed by atoms with van der Waals surface area (Å²) in [7, 11) is 0. The minimum absolute atomic E-state index is 0.230. The number of rotatable bonds is 0. The molecule has 0 aromatic heterocycles. The molecular formula is C9H13N-2. The summed E-state index contributed by atoms with van der Waals surface area (Å²) < 4.78 is 0. The molecule has 0 saturated heterocycles. The largest absolute Gasteiger partial charge is 0.785 e. The third-order valence-electron chi connectivity index (χ3n) is 1.53. The molecule has 1 heterocycles. The SMILES string of the molecule is CC(C)(C)C1=C[N-]C=C[CH-]1. The second-order valence-electron chi connectivity index (χ2n) is 3.49. The fraction of sp³-hybridized carbons (Fsp3) is 0.444. The van der Waals surface area contributed by atoms with Crippen LogP contribution in [0.5, 0.6) is 0 Å². The molecule has 1 nitrogen and oxygen atoms in total. The summed E-state index contributed by atoms with van der Waals surface area (Å²) in [5, 5.41) is 4.05. The molecule has 56 valence electrons. The van der Waals surface area contributed by atoms with Crippen molar-refractivity contribution in [3.63, 3.8) is 0 Å². The van der Waals surface area contributed by atoms with Gasteiger partial charge in [0.1, 0.15) is 0 Å². The Hall–Kier alpha value is -0.850. The summed E-state index contributed by atoms with van der Waals surface area (Å²) in [5.41, 5.74) is 1.52. The Morgan fingerprint density at radius 2 is 2.10 bits per heavy atom. The van der Waals surface area contributed by atoms with Gasteiger partial charge in [-0.2, -0.15) is 18.1 Å². The number of hydrogen-bond donors (Lipinski definition) is 0. The number of nitrogens with zero attached hydrogens (tertiary/aromatic N) is 1. The van der Waals surface area contributed by atoms with E-state index in [2.05, 4.69) is 32.5 Å². The Morgan fingerprint density at radius 3 is 2.40 bits per heavy atom. The molecule has 1 aliphatic heterocycles. The minimum atomic E-state index is 0.230. The Balaban J connectivity index is 2.65. The molecule has 0 amide bonds. The lowest BCUT2D eigenvalue weighted by atomic mass is 9.84. The zero-order valence-corrected chi connectivity index (χ0v) is 6.76. The zero-order chi connectivity index (χ0) is 7.61. The lowest BCUT2D eigenvalue weighted by Gasteiger charge is -2.36. The highest BCUT2D eigenvalue weighted by atomic mass is 14.8. The van der Waals surface area contributed by atoms with E-state index in [1.807, 2.05) is 12.3 Å². The van der Waals surface area contributed by atoms with E-state index in [4.69, 9.17) is 0 Å². The van der Waals surface area contributed by atoms with E-state index in [0.29, 0.717) is 0 Å². The van der Waals surface area contributed by atoms with E-state index in [1.54, 1.807) is 6.20 Å². The van der Waals surface area contributed by atoms with Gasteiger partial charge in [-0.25, -0.2) is 0 Å². The predicted molar refractivity (Wildman–Crippen MR) is 44.3 cm³/mol. The van der Waals surface area contributed by atoms with Gasteiger partial charge in [0.15, 0.2) is 0 Å². The van der Waals surface area contributed by atoms with Gasteiger partial charge < -0.3 is 5.32 Å². The van der Waals surface area contributed by atoms with Crippen LogP contribution in [0.3, 0.4) is 0 Å². The summed E-state index contributed by atoms with van der Waals surface area (Å²) in [6, 6.07) is 0. The monoisotopic (exact) mass is 135 g/mol. The molecule has 0 aliphatic carbocycles. The van der Waals surface area contributed by atoms with Crippen LogP contribution in [0.1, 0.15) is 20.8 Å². The van der Waals surface area contributed by atoms with Gasteiger partial charge in [0.05, 0.1) is 0 Å². The van der Waals surface area contributed by atoms with Gasteiger partial charge in [0, 0.05) is 0 Å². The lowest BCUT2D eigenvalue weighted by molar-refractivity contribution is 0.510. The van der Waals surface area contributed by atoms with E-state index < -0.39 is 0 Å². The average molecular weight is 135 g/mol. The molecule has 10 heavy (non-hydrogen) atoms. The topological polar surface area (TPSA) is 14.1 Å². The zero-order valence-electron chi connectivity index (χ0n) is 6.76. The molecule has 0 fully saturated rings. The smallest absolute Gasteiger partial charge is 0.0373 e. The van der Waals surface area contributed by atoms with E-state index in [1.165, 1.54) is 5.57 Å². The first-order chi connectivity index (χ1) is 4.61. The molecule has 0 atom stereocenters. The minimum Gasteiger partial charge on any atom is -0.785 e. The first-order valence-corrected chi connectivity index (χ1v) is 3.51. The molecule has 0 spiro atoms. The van der Waals surface area contributed by atoms with Crippen molar-refractivity contribution in [2.24, 2.45) is 5.41 Å². The van der Waals surface area contributed by atoms with E-state index >= 15 is 0 Å². The third-order valence-corrected chi connectivity index (χ3v) is 1.53. The van der Waals surface area contributed by atoms with Gasteiger partial charge >= 0.3 is 0 Å². The molecule has 0 radical (unpaired) electrons. The first-order valence-electron chi connectivity index (χ1n) is 3.51. The molecule has 1 aliphatic rings. The van der Waals surface area contributed by atoms with Gasteiger partial charge in [-0.3, -0.25) is 12.4 Å². The van der Waals surface area contributed by atoms with Crippen LogP contribution in [0.25, 0.3) is 5.32 Å². The Labute approximate surface area is 62.8 Å². The van der Waals surface area contributed by atoms with E-state index in [-0.39, 0.29) is 5.41 Å². The van der Waals surface area contributed by atoms with Crippen molar-refractivity contribution in [2.75, 3.05) is 0 Å². The van der Waals surface area contributed by atoms with Crippen molar-refractivity contribution in [1.82, 2.24) is 0 Å². The van der Waals surface area contributed by atoms with E-state index in [0.717, 1.165) is 0 Å². The molecule has 0 N–H and O–H groups in total. The van der Waals surface area contributed by atoms with Crippen molar-refractivity contribution >= 4 is 0 Å². The first kappa shape index (κ1) is 7.26. The molecular weight excluding hydrogens is 122 g/mol. The summed E-state index contributed by atoms with van der Waals surface area (Å²) in [6.07, 6.45) is 7.79. The Kier molecular flexibility index (Phi) is 1.75. The number of allylic oxidation sites excluding steroid dienone is 2. The van der Waals surface area contributed by atoms with Crippen molar-refractivity contribution in [3.8, 4) is 0 Å². The van der Waals surface area contributed by atoms with Gasteiger partial charge in [0.2, 0.25) is 0 Å². The molecule has 0 bridgehead atoms. The highest BCUT2D eigenvalue weighted by Crippen LogP contribution is 2.30. The van der Waals surface area contributed by atoms with Crippen molar-refractivity contribution in [1.29, 1.82) is 0 Å². The second-order valence-corrected chi connectivity index (χ2v) is 3.49. The van der Waals surface area contributed by atoms with Gasteiger partial charge in [-0.1, -0.05) is 20.8 Å². The van der Waals surface area contributed by atoms with E-state index in [9.17, 15) is 0 Å². The van der Waals surface area contributed by atoms with Gasteiger partial charge in [-0.05, 0) is 5.41 Å². The number of hydrogen-bond acceptors (Lipinski definition) is 0. The highest BCUT2D eigenvalue weighted by Gasteiger charge is 2.08. The van der Waals surface area contributed by atoms with Crippen molar-refractivity contribution in [3.05, 3.63) is 35.8 Å².